The maximum absolute atomic E-state index is 12.8. The van der Waals surface area contributed by atoms with Gasteiger partial charge in [-0.05, 0) is 89.9 Å². The van der Waals surface area contributed by atoms with Gasteiger partial charge < -0.3 is 33.3 Å². The highest BCUT2D eigenvalue weighted by atomic mass is 16.7. The molecule has 2 unspecified atom stereocenters. The molecule has 0 spiro atoms. The largest absolute Gasteiger partial charge is 0.545 e. The van der Waals surface area contributed by atoms with Crippen LogP contribution in [0.2, 0.25) is 0 Å². The van der Waals surface area contributed by atoms with Crippen molar-refractivity contribution < 1.29 is 42.9 Å². The summed E-state index contributed by atoms with van der Waals surface area (Å²) < 4.78 is 22.6. The number of rotatable bonds is 53. The van der Waals surface area contributed by atoms with Crippen LogP contribution in [0.15, 0.2) is 122 Å². The molecule has 0 aromatic rings. The van der Waals surface area contributed by atoms with Crippen LogP contribution in [0.4, 0.5) is 0 Å². The summed E-state index contributed by atoms with van der Waals surface area (Å²) in [5.74, 6) is -2.40. The Morgan fingerprint density at radius 3 is 1.12 bits per heavy atom. The molecule has 0 fully saturated rings. The standard InChI is InChI=1S/C66H109NO8/c1-6-8-10-12-14-16-18-20-22-24-26-27-28-29-30-31-32-33-34-35-36-37-39-40-42-44-46-48-50-52-54-56-63(68)73-60-62(61-74-66(65(70)71)72-59-58-67(3,4)5)75-64(69)57-55-53-51-49-47-45-43-41-38-25-23-21-19-17-15-13-11-9-7-2/h8-11,14-17,20-23,26-27,38,41,45,47,51,53,62,66H,6-7,12-13,18-19,24-25,28-37,39-40,42-44,46,48-50,52,54-61H2,1-5H3/b10-8-,11-9-,16-14-,17-15-,22-20-,23-21-,27-26-,41-38-,47-45-,53-51-. The predicted octanol–water partition coefficient (Wildman–Crippen LogP) is 16.3. The summed E-state index contributed by atoms with van der Waals surface area (Å²) in [6.45, 7) is 4.43. The molecular weight excluding hydrogens is 935 g/mol. The van der Waals surface area contributed by atoms with E-state index in [0.29, 0.717) is 17.4 Å². The summed E-state index contributed by atoms with van der Waals surface area (Å²) in [4.78, 5) is 37.3. The molecule has 0 aliphatic heterocycles. The number of likely N-dealkylation sites (N-methyl/N-ethyl adjacent to an activating group) is 1. The quantitative estimate of drug-likeness (QED) is 0.0195. The van der Waals surface area contributed by atoms with Gasteiger partial charge in [-0.1, -0.05) is 238 Å². The van der Waals surface area contributed by atoms with Crippen molar-refractivity contribution in [1.29, 1.82) is 0 Å². The lowest BCUT2D eigenvalue weighted by atomic mass is 10.0. The highest BCUT2D eigenvalue weighted by Crippen LogP contribution is 2.16. The summed E-state index contributed by atoms with van der Waals surface area (Å²) in [5, 5.41) is 11.8. The molecule has 0 saturated heterocycles. The Morgan fingerprint density at radius 2 is 0.747 bits per heavy atom. The van der Waals surface area contributed by atoms with E-state index >= 15 is 0 Å². The van der Waals surface area contributed by atoms with Gasteiger partial charge >= 0.3 is 11.9 Å². The van der Waals surface area contributed by atoms with Crippen molar-refractivity contribution in [2.45, 2.75) is 232 Å². The van der Waals surface area contributed by atoms with E-state index in [4.69, 9.17) is 18.9 Å². The number of carbonyl (C=O) groups is 3. The molecule has 2 atom stereocenters. The van der Waals surface area contributed by atoms with Crippen molar-refractivity contribution in [3.05, 3.63) is 122 Å². The van der Waals surface area contributed by atoms with Gasteiger partial charge in [0.2, 0.25) is 0 Å². The highest BCUT2D eigenvalue weighted by molar-refractivity contribution is 5.70. The monoisotopic (exact) mass is 1040 g/mol. The van der Waals surface area contributed by atoms with E-state index in [9.17, 15) is 19.5 Å². The van der Waals surface area contributed by atoms with E-state index in [-0.39, 0.29) is 38.6 Å². The number of ether oxygens (including phenoxy) is 4. The fraction of sp³-hybridized carbons (Fsp3) is 0.652. The third kappa shape index (κ3) is 57.2. The third-order valence-corrected chi connectivity index (χ3v) is 12.2. The minimum atomic E-state index is -1.65. The molecule has 0 bridgehead atoms. The molecule has 0 rings (SSSR count). The van der Waals surface area contributed by atoms with Gasteiger partial charge in [0.25, 0.3) is 0 Å². The zero-order chi connectivity index (χ0) is 54.8. The van der Waals surface area contributed by atoms with Crippen molar-refractivity contribution in [2.75, 3.05) is 47.5 Å². The van der Waals surface area contributed by atoms with Crippen molar-refractivity contribution in [1.82, 2.24) is 0 Å². The van der Waals surface area contributed by atoms with Crippen LogP contribution in [0.25, 0.3) is 0 Å². The van der Waals surface area contributed by atoms with Gasteiger partial charge in [-0.25, -0.2) is 0 Å². The van der Waals surface area contributed by atoms with Gasteiger partial charge in [0.15, 0.2) is 12.4 Å². The van der Waals surface area contributed by atoms with Crippen LogP contribution in [-0.2, 0) is 33.3 Å². The van der Waals surface area contributed by atoms with Crippen LogP contribution in [0.1, 0.15) is 219 Å². The Kier molecular flexibility index (Phi) is 52.7. The summed E-state index contributed by atoms with van der Waals surface area (Å²) in [6, 6.07) is 0. The van der Waals surface area contributed by atoms with Crippen molar-refractivity contribution in [3.8, 4) is 0 Å². The lowest BCUT2D eigenvalue weighted by Crippen LogP contribution is -2.44. The van der Waals surface area contributed by atoms with Crippen LogP contribution >= 0.6 is 0 Å². The number of carbonyl (C=O) groups excluding carboxylic acids is 3. The van der Waals surface area contributed by atoms with Gasteiger partial charge in [0.05, 0.1) is 40.3 Å². The number of allylic oxidation sites excluding steroid dienone is 20. The van der Waals surface area contributed by atoms with Crippen LogP contribution in [0, 0.1) is 0 Å². The van der Waals surface area contributed by atoms with E-state index in [1.807, 2.05) is 33.3 Å². The molecule has 9 heteroatoms. The molecule has 0 N–H and O–H groups in total. The van der Waals surface area contributed by atoms with Crippen molar-refractivity contribution >= 4 is 17.9 Å². The minimum Gasteiger partial charge on any atom is -0.545 e. The average molecular weight is 1040 g/mol. The summed E-state index contributed by atoms with van der Waals surface area (Å²) >= 11 is 0. The summed E-state index contributed by atoms with van der Waals surface area (Å²) in [6.07, 6.45) is 75.6. The van der Waals surface area contributed by atoms with Gasteiger partial charge in [0, 0.05) is 12.8 Å². The molecule has 426 valence electrons. The topological polar surface area (TPSA) is 111 Å². The number of aliphatic carboxylic acids is 1. The summed E-state index contributed by atoms with van der Waals surface area (Å²) in [7, 11) is 5.89. The Bertz CT molecular complexity index is 1640. The Morgan fingerprint density at radius 1 is 0.400 bits per heavy atom. The first kappa shape index (κ1) is 70.7. The zero-order valence-electron chi connectivity index (χ0n) is 48.4. The van der Waals surface area contributed by atoms with E-state index < -0.39 is 24.3 Å². The maximum atomic E-state index is 12.8. The second-order valence-corrected chi connectivity index (χ2v) is 20.5. The summed E-state index contributed by atoms with van der Waals surface area (Å²) in [5.41, 5.74) is 0. The molecule has 9 nitrogen and oxygen atoms in total. The lowest BCUT2D eigenvalue weighted by molar-refractivity contribution is -0.870. The number of hydrogen-bond acceptors (Lipinski definition) is 8. The van der Waals surface area contributed by atoms with Gasteiger partial charge in [-0.3, -0.25) is 9.59 Å². The highest BCUT2D eigenvalue weighted by Gasteiger charge is 2.21. The molecule has 0 saturated carbocycles. The zero-order valence-corrected chi connectivity index (χ0v) is 48.4. The maximum Gasteiger partial charge on any atom is 0.306 e. The van der Waals surface area contributed by atoms with Gasteiger partial charge in [-0.2, -0.15) is 0 Å². The Balaban J connectivity index is 4.23. The first-order chi connectivity index (χ1) is 36.6. The van der Waals surface area contributed by atoms with Crippen LogP contribution in [-0.4, -0.2) is 82.3 Å². The molecule has 0 heterocycles. The second kappa shape index (κ2) is 55.9. The molecule has 0 aromatic heterocycles. The van der Waals surface area contributed by atoms with Crippen molar-refractivity contribution in [2.24, 2.45) is 0 Å². The molecular formula is C66H109NO8. The Hall–Kier alpha value is -4.31. The fourth-order valence-corrected chi connectivity index (χ4v) is 7.73. The first-order valence-electron chi connectivity index (χ1n) is 29.7. The van der Waals surface area contributed by atoms with Gasteiger partial charge in [0.1, 0.15) is 13.2 Å². The second-order valence-electron chi connectivity index (χ2n) is 20.5. The lowest BCUT2D eigenvalue weighted by Gasteiger charge is -2.26. The number of esters is 2. The average Bonchev–Trinajstić information content (AvgIpc) is 3.38. The number of carboxylic acids is 1. The van der Waals surface area contributed by atoms with Crippen LogP contribution in [0.3, 0.4) is 0 Å². The van der Waals surface area contributed by atoms with E-state index in [1.165, 1.54) is 103 Å². The van der Waals surface area contributed by atoms with Crippen LogP contribution < -0.4 is 5.11 Å². The van der Waals surface area contributed by atoms with Crippen LogP contribution in [0.5, 0.6) is 0 Å². The molecule has 75 heavy (non-hydrogen) atoms. The molecule has 0 aliphatic carbocycles. The Labute approximate surface area is 459 Å². The number of hydrogen-bond donors (Lipinski definition) is 0. The fourth-order valence-electron chi connectivity index (χ4n) is 7.73. The smallest absolute Gasteiger partial charge is 0.306 e. The molecule has 0 aliphatic rings. The number of unbranched alkanes of at least 4 members (excludes halogenated alkanes) is 18. The molecule has 0 radical (unpaired) electrons. The number of quaternary nitrogens is 1. The molecule has 0 amide bonds. The number of carboxylic acid groups (broad SMARTS) is 1. The van der Waals surface area contributed by atoms with E-state index in [2.05, 4.69) is 123 Å². The predicted molar refractivity (Wildman–Crippen MR) is 315 cm³/mol. The minimum absolute atomic E-state index is 0.117. The number of nitrogens with zero attached hydrogens (tertiary/aromatic N) is 1. The van der Waals surface area contributed by atoms with Crippen molar-refractivity contribution in [3.63, 3.8) is 0 Å². The van der Waals surface area contributed by atoms with E-state index in [0.717, 1.165) is 83.5 Å². The first-order valence-corrected chi connectivity index (χ1v) is 29.7. The third-order valence-electron chi connectivity index (χ3n) is 12.2. The van der Waals surface area contributed by atoms with Gasteiger partial charge in [-0.15, -0.1) is 0 Å². The van der Waals surface area contributed by atoms with E-state index in [1.54, 1.807) is 0 Å². The normalized spacial score (nSPS) is 13.7. The SMILES string of the molecule is CC/C=C\C/C=C\C/C=C\C/C=C\C/C=C\C/C=C\CCC(=O)OC(COC(=O)CCCCCCCCCCCCCCCCCCCC/C=C\C/C=C\C/C=C\C/C=C\CC)COC(OCC[N+](C)(C)C)C(=O)[O-]. The molecule has 0 aromatic carbocycles.